The van der Waals surface area contributed by atoms with Gasteiger partial charge < -0.3 is 10.6 Å². The predicted molar refractivity (Wildman–Crippen MR) is 93.6 cm³/mol. The lowest BCUT2D eigenvalue weighted by Gasteiger charge is -2.23. The molecule has 130 valence electrons. The molecule has 1 rings (SSSR count). The minimum Gasteiger partial charge on any atom is -0.338 e. The van der Waals surface area contributed by atoms with Crippen molar-refractivity contribution < 1.29 is 13.2 Å². The van der Waals surface area contributed by atoms with E-state index in [0.29, 0.717) is 26.1 Å². The molecule has 6 heteroatoms. The molecule has 0 atom stereocenters. The highest BCUT2D eigenvalue weighted by molar-refractivity contribution is 7.91. The van der Waals surface area contributed by atoms with Crippen molar-refractivity contribution in [2.24, 2.45) is 11.7 Å². The second kappa shape index (κ2) is 9.67. The molecule has 0 aliphatic heterocycles. The lowest BCUT2D eigenvalue weighted by Crippen LogP contribution is -2.34. The van der Waals surface area contributed by atoms with Crippen LogP contribution in [0.5, 0.6) is 0 Å². The summed E-state index contributed by atoms with van der Waals surface area (Å²) in [4.78, 5) is 14.1. The zero-order valence-corrected chi connectivity index (χ0v) is 14.9. The normalized spacial score (nSPS) is 11.7. The highest BCUT2D eigenvalue weighted by Gasteiger charge is 2.19. The summed E-state index contributed by atoms with van der Waals surface area (Å²) in [5.41, 5.74) is 6.57. The number of carbonyl (C=O) groups is 1. The van der Waals surface area contributed by atoms with Gasteiger partial charge in [-0.15, -0.1) is 0 Å². The number of sulfone groups is 1. The summed E-state index contributed by atoms with van der Waals surface area (Å²) in [5.74, 6) is -0.0120. The number of rotatable bonds is 10. The van der Waals surface area contributed by atoms with Crippen molar-refractivity contribution in [1.29, 1.82) is 0 Å². The number of nitrogens with zero attached hydrogens (tertiary/aromatic N) is 1. The lowest BCUT2D eigenvalue weighted by molar-refractivity contribution is -0.131. The zero-order chi connectivity index (χ0) is 17.3. The first-order valence-electron chi connectivity index (χ1n) is 8.06. The van der Waals surface area contributed by atoms with Crippen LogP contribution in [0.4, 0.5) is 0 Å². The van der Waals surface area contributed by atoms with Gasteiger partial charge in [-0.3, -0.25) is 4.79 Å². The van der Waals surface area contributed by atoms with E-state index in [1.807, 2.05) is 44.2 Å². The minimum atomic E-state index is -3.17. The first kappa shape index (κ1) is 19.6. The number of hydrogen-bond acceptors (Lipinski definition) is 4. The number of amides is 1. The quantitative estimate of drug-likeness (QED) is 0.704. The zero-order valence-electron chi connectivity index (χ0n) is 14.1. The van der Waals surface area contributed by atoms with Crippen molar-refractivity contribution in [3.8, 4) is 0 Å². The SMILES string of the molecule is CC(C)CS(=O)(=O)CCC(=O)N(CCCN)Cc1ccccc1. The van der Waals surface area contributed by atoms with E-state index in [-0.39, 0.29) is 29.8 Å². The molecule has 0 spiro atoms. The van der Waals surface area contributed by atoms with Gasteiger partial charge in [0.15, 0.2) is 9.84 Å². The molecule has 0 unspecified atom stereocenters. The fraction of sp³-hybridized carbons (Fsp3) is 0.588. The van der Waals surface area contributed by atoms with Crippen LogP contribution in [-0.2, 0) is 21.2 Å². The van der Waals surface area contributed by atoms with Crippen LogP contribution in [0.25, 0.3) is 0 Å². The molecule has 0 saturated heterocycles. The van der Waals surface area contributed by atoms with Crippen LogP contribution >= 0.6 is 0 Å². The first-order valence-corrected chi connectivity index (χ1v) is 9.88. The molecule has 0 aliphatic carbocycles. The van der Waals surface area contributed by atoms with Gasteiger partial charge in [0.25, 0.3) is 0 Å². The van der Waals surface area contributed by atoms with Crippen LogP contribution in [0.1, 0.15) is 32.3 Å². The number of benzene rings is 1. The van der Waals surface area contributed by atoms with E-state index in [2.05, 4.69) is 0 Å². The second-order valence-corrected chi connectivity index (χ2v) is 8.43. The fourth-order valence-corrected chi connectivity index (χ4v) is 4.04. The summed E-state index contributed by atoms with van der Waals surface area (Å²) in [6.07, 6.45) is 0.740. The third-order valence-electron chi connectivity index (χ3n) is 3.42. The van der Waals surface area contributed by atoms with E-state index in [0.717, 1.165) is 5.56 Å². The van der Waals surface area contributed by atoms with Crippen LogP contribution in [0.2, 0.25) is 0 Å². The van der Waals surface area contributed by atoms with Crippen LogP contribution in [0, 0.1) is 5.92 Å². The van der Waals surface area contributed by atoms with Crippen molar-refractivity contribution in [2.45, 2.75) is 33.2 Å². The average molecular weight is 340 g/mol. The van der Waals surface area contributed by atoms with Gasteiger partial charge in [0.05, 0.1) is 11.5 Å². The Balaban J connectivity index is 2.65. The Labute approximate surface area is 139 Å². The first-order chi connectivity index (χ1) is 10.8. The van der Waals surface area contributed by atoms with Crippen LogP contribution in [-0.4, -0.2) is 43.8 Å². The van der Waals surface area contributed by atoms with Crippen LogP contribution in [0.3, 0.4) is 0 Å². The molecule has 0 aromatic heterocycles. The molecular formula is C17H28N2O3S. The van der Waals surface area contributed by atoms with E-state index in [1.54, 1.807) is 4.90 Å². The third-order valence-corrected chi connectivity index (χ3v) is 5.42. The molecule has 0 saturated carbocycles. The summed E-state index contributed by atoms with van der Waals surface area (Å²) in [6, 6.07) is 9.69. The molecular weight excluding hydrogens is 312 g/mol. The molecule has 0 heterocycles. The van der Waals surface area contributed by atoms with Gasteiger partial charge in [-0.1, -0.05) is 44.2 Å². The van der Waals surface area contributed by atoms with E-state index in [4.69, 9.17) is 5.73 Å². The summed E-state index contributed by atoms with van der Waals surface area (Å²) >= 11 is 0. The molecule has 0 aliphatic rings. The van der Waals surface area contributed by atoms with Gasteiger partial charge in [0.2, 0.25) is 5.91 Å². The molecule has 5 nitrogen and oxygen atoms in total. The minimum absolute atomic E-state index is 0.0342. The third kappa shape index (κ3) is 8.13. The van der Waals surface area contributed by atoms with Gasteiger partial charge in [-0.2, -0.15) is 0 Å². The van der Waals surface area contributed by atoms with Crippen LogP contribution < -0.4 is 5.73 Å². The highest BCUT2D eigenvalue weighted by Crippen LogP contribution is 2.09. The number of hydrogen-bond donors (Lipinski definition) is 1. The Morgan fingerprint density at radius 1 is 1.22 bits per heavy atom. The molecule has 0 bridgehead atoms. The van der Waals surface area contributed by atoms with Crippen LogP contribution in [0.15, 0.2) is 30.3 Å². The van der Waals surface area contributed by atoms with Crippen molar-refractivity contribution >= 4 is 15.7 Å². The Kier molecular flexibility index (Phi) is 8.26. The molecule has 2 N–H and O–H groups in total. The smallest absolute Gasteiger partial charge is 0.223 e. The predicted octanol–water partition coefficient (Wildman–Crippen LogP) is 1.82. The van der Waals surface area contributed by atoms with E-state index in [9.17, 15) is 13.2 Å². The number of nitrogens with two attached hydrogens (primary N) is 1. The Morgan fingerprint density at radius 3 is 2.43 bits per heavy atom. The highest BCUT2D eigenvalue weighted by atomic mass is 32.2. The molecule has 1 aromatic carbocycles. The van der Waals surface area contributed by atoms with Crippen molar-refractivity contribution in [2.75, 3.05) is 24.6 Å². The summed E-state index contributed by atoms with van der Waals surface area (Å²) in [6.45, 7) is 5.27. The largest absolute Gasteiger partial charge is 0.338 e. The van der Waals surface area contributed by atoms with Crippen molar-refractivity contribution in [3.63, 3.8) is 0 Å². The topological polar surface area (TPSA) is 80.5 Å². The number of carbonyl (C=O) groups excluding carboxylic acids is 1. The van der Waals surface area contributed by atoms with E-state index >= 15 is 0 Å². The average Bonchev–Trinajstić information content (AvgIpc) is 2.49. The van der Waals surface area contributed by atoms with E-state index < -0.39 is 9.84 Å². The van der Waals surface area contributed by atoms with Gasteiger partial charge in [-0.05, 0) is 24.4 Å². The monoisotopic (exact) mass is 340 g/mol. The standard InChI is InChI=1S/C17H28N2O3S/c1-15(2)14-23(21,22)12-9-17(20)19(11-6-10-18)13-16-7-4-3-5-8-16/h3-5,7-8,15H,6,9-14,18H2,1-2H3. The second-order valence-electron chi connectivity index (χ2n) is 6.20. The van der Waals surface area contributed by atoms with Gasteiger partial charge in [-0.25, -0.2) is 8.42 Å². The summed E-state index contributed by atoms with van der Waals surface area (Å²) < 4.78 is 23.9. The summed E-state index contributed by atoms with van der Waals surface area (Å²) in [5, 5.41) is 0. The molecule has 0 radical (unpaired) electrons. The molecule has 0 fully saturated rings. The van der Waals surface area contributed by atoms with Gasteiger partial charge in [0, 0.05) is 19.5 Å². The van der Waals surface area contributed by atoms with Gasteiger partial charge >= 0.3 is 0 Å². The van der Waals surface area contributed by atoms with Crippen molar-refractivity contribution in [1.82, 2.24) is 4.90 Å². The maximum atomic E-state index is 12.4. The Hall–Kier alpha value is -1.40. The fourth-order valence-electron chi connectivity index (χ4n) is 2.37. The maximum absolute atomic E-state index is 12.4. The van der Waals surface area contributed by atoms with Crippen molar-refractivity contribution in [3.05, 3.63) is 35.9 Å². The van der Waals surface area contributed by atoms with Gasteiger partial charge in [0.1, 0.15) is 0 Å². The summed E-state index contributed by atoms with van der Waals surface area (Å²) in [7, 11) is -3.17. The Bertz CT molecular complexity index is 571. The lowest BCUT2D eigenvalue weighted by atomic mass is 10.2. The maximum Gasteiger partial charge on any atom is 0.223 e. The molecule has 23 heavy (non-hydrogen) atoms. The molecule has 1 aromatic rings. The molecule has 1 amide bonds. The Morgan fingerprint density at radius 2 is 1.87 bits per heavy atom. The van der Waals surface area contributed by atoms with E-state index in [1.165, 1.54) is 0 Å².